The van der Waals surface area contributed by atoms with E-state index in [0.717, 1.165) is 25.1 Å². The number of hydrogen-bond acceptors (Lipinski definition) is 2. The van der Waals surface area contributed by atoms with E-state index in [1.54, 1.807) is 0 Å². The third kappa shape index (κ3) is 3.09. The smallest absolute Gasteiger partial charge is 0.246 e. The lowest BCUT2D eigenvalue weighted by molar-refractivity contribution is -0.114. The van der Waals surface area contributed by atoms with Gasteiger partial charge in [0.25, 0.3) is 0 Å². The molecule has 0 spiro atoms. The van der Waals surface area contributed by atoms with Gasteiger partial charge in [-0.1, -0.05) is 6.92 Å². The summed E-state index contributed by atoms with van der Waals surface area (Å²) in [5.74, 6) is -0.284. The van der Waals surface area contributed by atoms with Crippen LogP contribution in [0.1, 0.15) is 32.6 Å². The van der Waals surface area contributed by atoms with Crippen LogP contribution in [0.3, 0.4) is 0 Å². The molecule has 3 heteroatoms. The third-order valence-corrected chi connectivity index (χ3v) is 2.43. The molecule has 2 N–H and O–H groups in total. The van der Waals surface area contributed by atoms with Crippen LogP contribution >= 0.6 is 0 Å². The molecule has 0 aromatic carbocycles. The first-order chi connectivity index (χ1) is 6.24. The molecule has 1 heterocycles. The second-order valence-electron chi connectivity index (χ2n) is 3.47. The molecule has 1 rings (SSSR count). The van der Waals surface area contributed by atoms with E-state index in [-0.39, 0.29) is 5.91 Å². The molecule has 1 fully saturated rings. The number of likely N-dealkylation sites (tertiary alicyclic amines) is 1. The van der Waals surface area contributed by atoms with E-state index in [2.05, 4.69) is 4.90 Å². The molecule has 0 aromatic heterocycles. The number of carbonyl (C=O) groups excluding carboxylic acids is 1. The molecule has 0 aromatic rings. The summed E-state index contributed by atoms with van der Waals surface area (Å²) in [4.78, 5) is 13.1. The van der Waals surface area contributed by atoms with Crippen LogP contribution in [0.15, 0.2) is 11.8 Å². The Morgan fingerprint density at radius 2 is 2.00 bits per heavy atom. The quantitative estimate of drug-likeness (QED) is 0.668. The molecule has 1 amide bonds. The largest absolute Gasteiger partial charge is 0.377 e. The zero-order chi connectivity index (χ0) is 9.68. The van der Waals surface area contributed by atoms with Gasteiger partial charge in [0, 0.05) is 24.9 Å². The van der Waals surface area contributed by atoms with Gasteiger partial charge in [0.1, 0.15) is 0 Å². The Hall–Kier alpha value is -0.990. The number of nitrogens with two attached hydrogens (primary N) is 1. The van der Waals surface area contributed by atoms with Crippen LogP contribution in [0.25, 0.3) is 0 Å². The van der Waals surface area contributed by atoms with Crippen molar-refractivity contribution >= 4 is 5.91 Å². The van der Waals surface area contributed by atoms with Crippen LogP contribution in [-0.4, -0.2) is 23.9 Å². The summed E-state index contributed by atoms with van der Waals surface area (Å²) in [5.41, 5.74) is 5.97. The highest BCUT2D eigenvalue weighted by Crippen LogP contribution is 2.11. The van der Waals surface area contributed by atoms with E-state index in [0.29, 0.717) is 0 Å². The maximum absolute atomic E-state index is 10.9. The summed E-state index contributed by atoms with van der Waals surface area (Å²) >= 11 is 0. The van der Waals surface area contributed by atoms with Crippen molar-refractivity contribution in [2.24, 2.45) is 5.73 Å². The zero-order valence-electron chi connectivity index (χ0n) is 8.25. The van der Waals surface area contributed by atoms with E-state index in [4.69, 9.17) is 5.73 Å². The Morgan fingerprint density at radius 1 is 1.38 bits per heavy atom. The maximum Gasteiger partial charge on any atom is 0.246 e. The molecule has 3 nitrogen and oxygen atoms in total. The molecule has 0 aliphatic carbocycles. The van der Waals surface area contributed by atoms with Crippen molar-refractivity contribution in [3.63, 3.8) is 0 Å². The average molecular weight is 182 g/mol. The monoisotopic (exact) mass is 182 g/mol. The van der Waals surface area contributed by atoms with Gasteiger partial charge in [0.15, 0.2) is 0 Å². The molecule has 0 radical (unpaired) electrons. The van der Waals surface area contributed by atoms with Crippen LogP contribution in [-0.2, 0) is 4.79 Å². The highest BCUT2D eigenvalue weighted by atomic mass is 16.1. The topological polar surface area (TPSA) is 46.3 Å². The molecular weight excluding hydrogens is 164 g/mol. The average Bonchev–Trinajstić information content (AvgIpc) is 2.15. The van der Waals surface area contributed by atoms with E-state index in [9.17, 15) is 4.79 Å². The van der Waals surface area contributed by atoms with Gasteiger partial charge in [-0.25, -0.2) is 0 Å². The van der Waals surface area contributed by atoms with Gasteiger partial charge in [-0.2, -0.15) is 0 Å². The lowest BCUT2D eigenvalue weighted by Crippen LogP contribution is -2.26. The fraction of sp³-hybridized carbons (Fsp3) is 0.700. The fourth-order valence-electron chi connectivity index (χ4n) is 1.60. The lowest BCUT2D eigenvalue weighted by Gasteiger charge is -2.25. The van der Waals surface area contributed by atoms with E-state index < -0.39 is 0 Å². The second kappa shape index (κ2) is 4.90. The highest BCUT2D eigenvalue weighted by molar-refractivity contribution is 5.91. The summed E-state index contributed by atoms with van der Waals surface area (Å²) < 4.78 is 0. The van der Waals surface area contributed by atoms with Crippen molar-refractivity contribution in [2.75, 3.05) is 13.1 Å². The third-order valence-electron chi connectivity index (χ3n) is 2.43. The van der Waals surface area contributed by atoms with E-state index in [1.807, 2.05) is 13.1 Å². The molecule has 1 aliphatic heterocycles. The minimum absolute atomic E-state index is 0.284. The minimum atomic E-state index is -0.284. The van der Waals surface area contributed by atoms with Crippen LogP contribution in [0.5, 0.6) is 0 Å². The molecule has 0 bridgehead atoms. The van der Waals surface area contributed by atoms with Gasteiger partial charge in [-0.3, -0.25) is 4.79 Å². The summed E-state index contributed by atoms with van der Waals surface area (Å²) in [5, 5.41) is 0. The summed E-state index contributed by atoms with van der Waals surface area (Å²) in [6.45, 7) is 4.09. The molecule has 0 saturated carbocycles. The van der Waals surface area contributed by atoms with Crippen molar-refractivity contribution in [1.82, 2.24) is 4.90 Å². The number of hydrogen-bond donors (Lipinski definition) is 1. The normalized spacial score (nSPS) is 18.8. The Balaban J connectivity index is 2.54. The first kappa shape index (κ1) is 10.1. The van der Waals surface area contributed by atoms with Crippen LogP contribution in [0.2, 0.25) is 0 Å². The Kier molecular flexibility index (Phi) is 3.80. The molecule has 13 heavy (non-hydrogen) atoms. The van der Waals surface area contributed by atoms with Crippen LogP contribution in [0, 0.1) is 0 Å². The van der Waals surface area contributed by atoms with Gasteiger partial charge < -0.3 is 10.6 Å². The summed E-state index contributed by atoms with van der Waals surface area (Å²) in [6, 6.07) is 0. The van der Waals surface area contributed by atoms with Gasteiger partial charge in [-0.15, -0.1) is 0 Å². The summed E-state index contributed by atoms with van der Waals surface area (Å²) in [6.07, 6.45) is 6.42. The van der Waals surface area contributed by atoms with Crippen molar-refractivity contribution in [3.8, 4) is 0 Å². The number of rotatable bonds is 3. The standard InChI is InChI=1S/C10H18N2O/c1-2-9(10(11)13)8-12-6-4-3-5-7-12/h8H,2-7H2,1H3,(H2,11,13). The van der Waals surface area contributed by atoms with Gasteiger partial charge >= 0.3 is 0 Å². The first-order valence-corrected chi connectivity index (χ1v) is 4.98. The minimum Gasteiger partial charge on any atom is -0.377 e. The molecule has 1 saturated heterocycles. The van der Waals surface area contributed by atoms with Gasteiger partial charge in [0.2, 0.25) is 5.91 Å². The van der Waals surface area contributed by atoms with Crippen molar-refractivity contribution in [2.45, 2.75) is 32.6 Å². The predicted octanol–water partition coefficient (Wildman–Crippen LogP) is 1.25. The first-order valence-electron chi connectivity index (χ1n) is 4.98. The second-order valence-corrected chi connectivity index (χ2v) is 3.47. The fourth-order valence-corrected chi connectivity index (χ4v) is 1.60. The number of piperidine rings is 1. The molecular formula is C10H18N2O. The highest BCUT2D eigenvalue weighted by Gasteiger charge is 2.09. The van der Waals surface area contributed by atoms with E-state index >= 15 is 0 Å². The Morgan fingerprint density at radius 3 is 2.46 bits per heavy atom. The Labute approximate surface area is 79.6 Å². The number of carbonyl (C=O) groups is 1. The lowest BCUT2D eigenvalue weighted by atomic mass is 10.1. The molecule has 0 atom stereocenters. The number of amides is 1. The summed E-state index contributed by atoms with van der Waals surface area (Å²) in [7, 11) is 0. The van der Waals surface area contributed by atoms with Crippen LogP contribution in [0.4, 0.5) is 0 Å². The number of nitrogens with zero attached hydrogens (tertiary/aromatic N) is 1. The van der Waals surface area contributed by atoms with Gasteiger partial charge in [0.05, 0.1) is 0 Å². The maximum atomic E-state index is 10.9. The van der Waals surface area contributed by atoms with Crippen molar-refractivity contribution < 1.29 is 4.79 Å². The van der Waals surface area contributed by atoms with Crippen molar-refractivity contribution in [1.29, 1.82) is 0 Å². The predicted molar refractivity (Wildman–Crippen MR) is 53.0 cm³/mol. The molecule has 74 valence electrons. The van der Waals surface area contributed by atoms with Crippen molar-refractivity contribution in [3.05, 3.63) is 11.8 Å². The van der Waals surface area contributed by atoms with Gasteiger partial charge in [-0.05, 0) is 25.7 Å². The Bertz CT molecular complexity index is 205. The van der Waals surface area contributed by atoms with Crippen LogP contribution < -0.4 is 5.73 Å². The van der Waals surface area contributed by atoms with E-state index in [1.165, 1.54) is 19.3 Å². The SMILES string of the molecule is CCC(=CN1CCCCC1)C(N)=O. The zero-order valence-corrected chi connectivity index (χ0v) is 8.25. The number of primary amides is 1. The molecule has 1 aliphatic rings. The molecule has 0 unspecified atom stereocenters.